The van der Waals surface area contributed by atoms with Crippen LogP contribution in [-0.2, 0) is 13.0 Å². The zero-order valence-corrected chi connectivity index (χ0v) is 17.4. The van der Waals surface area contributed by atoms with Crippen LogP contribution in [-0.4, -0.2) is 47.0 Å². The van der Waals surface area contributed by atoms with Crippen LogP contribution in [0.2, 0.25) is 0 Å². The fraction of sp³-hybridized carbons (Fsp3) is 0.591. The van der Waals surface area contributed by atoms with Gasteiger partial charge in [-0.25, -0.2) is 0 Å². The normalized spacial score (nSPS) is 19.8. The number of hydrogen-bond acceptors (Lipinski definition) is 4. The molecule has 0 unspecified atom stereocenters. The SMILES string of the molecule is CCc1cc(-c2ccc(CN3CCC(N4CCCC4)CC3)s2)c(C)[nH]c1=O. The number of nitrogens with one attached hydrogen (secondary N) is 1. The van der Waals surface area contributed by atoms with E-state index in [0.717, 1.165) is 30.3 Å². The van der Waals surface area contributed by atoms with E-state index >= 15 is 0 Å². The Balaban J connectivity index is 1.40. The molecule has 4 rings (SSSR count). The molecule has 1 N–H and O–H groups in total. The number of aromatic nitrogens is 1. The van der Waals surface area contributed by atoms with Crippen molar-refractivity contribution >= 4 is 11.3 Å². The smallest absolute Gasteiger partial charge is 0.251 e. The molecular formula is C22H31N3OS. The van der Waals surface area contributed by atoms with E-state index in [0.29, 0.717) is 0 Å². The zero-order valence-electron chi connectivity index (χ0n) is 16.6. The second-order valence-corrected chi connectivity index (χ2v) is 9.20. The Morgan fingerprint density at radius 1 is 1.15 bits per heavy atom. The van der Waals surface area contributed by atoms with Crippen molar-refractivity contribution in [1.29, 1.82) is 0 Å². The van der Waals surface area contributed by atoms with Crippen LogP contribution in [0.5, 0.6) is 0 Å². The average molecular weight is 386 g/mol. The lowest BCUT2D eigenvalue weighted by atomic mass is 10.0. The van der Waals surface area contributed by atoms with Gasteiger partial charge in [0.2, 0.25) is 0 Å². The molecule has 2 aliphatic heterocycles. The summed E-state index contributed by atoms with van der Waals surface area (Å²) in [5, 5.41) is 0. The van der Waals surface area contributed by atoms with E-state index in [-0.39, 0.29) is 5.56 Å². The minimum atomic E-state index is 0.0522. The van der Waals surface area contributed by atoms with Crippen molar-refractivity contribution in [2.75, 3.05) is 26.2 Å². The monoisotopic (exact) mass is 385 g/mol. The van der Waals surface area contributed by atoms with Crippen molar-refractivity contribution in [1.82, 2.24) is 14.8 Å². The van der Waals surface area contributed by atoms with Gasteiger partial charge in [-0.3, -0.25) is 9.69 Å². The van der Waals surface area contributed by atoms with Gasteiger partial charge >= 0.3 is 0 Å². The molecule has 2 aliphatic rings. The van der Waals surface area contributed by atoms with Crippen LogP contribution in [0.1, 0.15) is 48.7 Å². The van der Waals surface area contributed by atoms with Gasteiger partial charge in [-0.05, 0) is 70.3 Å². The molecule has 0 amide bonds. The summed E-state index contributed by atoms with van der Waals surface area (Å²) in [6, 6.07) is 7.38. The summed E-state index contributed by atoms with van der Waals surface area (Å²) >= 11 is 1.87. The van der Waals surface area contributed by atoms with Gasteiger partial charge in [-0.1, -0.05) is 6.92 Å². The molecule has 0 bridgehead atoms. The van der Waals surface area contributed by atoms with E-state index in [9.17, 15) is 4.79 Å². The molecule has 0 saturated carbocycles. The molecule has 4 heterocycles. The van der Waals surface area contributed by atoms with Gasteiger partial charge in [-0.15, -0.1) is 11.3 Å². The van der Waals surface area contributed by atoms with Gasteiger partial charge in [0.15, 0.2) is 0 Å². The van der Waals surface area contributed by atoms with Crippen molar-refractivity contribution in [2.45, 2.75) is 58.5 Å². The highest BCUT2D eigenvalue weighted by Gasteiger charge is 2.26. The Hall–Kier alpha value is -1.43. The molecule has 2 aromatic heterocycles. The third-order valence-electron chi connectivity index (χ3n) is 6.22. The molecule has 2 aromatic rings. The quantitative estimate of drug-likeness (QED) is 0.844. The number of aromatic amines is 1. The van der Waals surface area contributed by atoms with E-state index < -0.39 is 0 Å². The van der Waals surface area contributed by atoms with Crippen LogP contribution in [0.3, 0.4) is 0 Å². The first-order valence-corrected chi connectivity index (χ1v) is 11.2. The Morgan fingerprint density at radius 3 is 2.59 bits per heavy atom. The van der Waals surface area contributed by atoms with Crippen molar-refractivity contribution in [3.05, 3.63) is 44.7 Å². The Kier molecular flexibility index (Phi) is 5.81. The number of rotatable bonds is 5. The lowest BCUT2D eigenvalue weighted by Gasteiger charge is -2.36. The van der Waals surface area contributed by atoms with Crippen molar-refractivity contribution in [2.24, 2.45) is 0 Å². The third-order valence-corrected chi connectivity index (χ3v) is 7.32. The summed E-state index contributed by atoms with van der Waals surface area (Å²) < 4.78 is 0. The van der Waals surface area contributed by atoms with E-state index in [1.165, 1.54) is 67.2 Å². The summed E-state index contributed by atoms with van der Waals surface area (Å²) in [6.45, 7) is 10.2. The number of likely N-dealkylation sites (tertiary alicyclic amines) is 2. The minimum Gasteiger partial charge on any atom is -0.326 e. The molecule has 5 heteroatoms. The molecule has 2 fully saturated rings. The van der Waals surface area contributed by atoms with Crippen LogP contribution in [0.15, 0.2) is 23.0 Å². The molecule has 0 spiro atoms. The van der Waals surface area contributed by atoms with E-state index in [1.54, 1.807) is 0 Å². The molecule has 0 aromatic carbocycles. The first-order valence-electron chi connectivity index (χ1n) is 10.4. The van der Waals surface area contributed by atoms with E-state index in [1.807, 2.05) is 25.2 Å². The Bertz CT molecular complexity index is 826. The van der Waals surface area contributed by atoms with Crippen molar-refractivity contribution < 1.29 is 0 Å². The van der Waals surface area contributed by atoms with E-state index in [4.69, 9.17) is 0 Å². The van der Waals surface area contributed by atoms with Crippen LogP contribution in [0, 0.1) is 6.92 Å². The number of nitrogens with zero attached hydrogens (tertiary/aromatic N) is 2. The van der Waals surface area contributed by atoms with Gasteiger partial charge < -0.3 is 9.88 Å². The number of thiophene rings is 1. The maximum absolute atomic E-state index is 12.0. The maximum Gasteiger partial charge on any atom is 0.251 e. The lowest BCUT2D eigenvalue weighted by Crippen LogP contribution is -2.43. The number of piperidine rings is 1. The molecule has 2 saturated heterocycles. The van der Waals surface area contributed by atoms with E-state index in [2.05, 4.69) is 33.0 Å². The zero-order chi connectivity index (χ0) is 18.8. The summed E-state index contributed by atoms with van der Waals surface area (Å²) in [5.74, 6) is 0. The highest BCUT2D eigenvalue weighted by molar-refractivity contribution is 7.15. The topological polar surface area (TPSA) is 39.3 Å². The minimum absolute atomic E-state index is 0.0522. The standard InChI is InChI=1S/C22H31N3OS/c1-3-17-14-20(16(2)23-22(17)26)21-7-6-19(27-21)15-24-12-8-18(9-13-24)25-10-4-5-11-25/h6-7,14,18H,3-5,8-13,15H2,1-2H3,(H,23,26). The van der Waals surface area contributed by atoms with Crippen LogP contribution in [0.4, 0.5) is 0 Å². The van der Waals surface area contributed by atoms with Crippen molar-refractivity contribution in [3.8, 4) is 10.4 Å². The van der Waals surface area contributed by atoms with Crippen LogP contribution >= 0.6 is 11.3 Å². The molecule has 0 atom stereocenters. The fourth-order valence-corrected chi connectivity index (χ4v) is 5.69. The number of pyridine rings is 1. The molecule has 27 heavy (non-hydrogen) atoms. The summed E-state index contributed by atoms with van der Waals surface area (Å²) in [6.07, 6.45) is 6.19. The predicted molar refractivity (Wildman–Crippen MR) is 114 cm³/mol. The van der Waals surface area contributed by atoms with Crippen LogP contribution < -0.4 is 5.56 Å². The van der Waals surface area contributed by atoms with Crippen molar-refractivity contribution in [3.63, 3.8) is 0 Å². The summed E-state index contributed by atoms with van der Waals surface area (Å²) in [7, 11) is 0. The number of H-pyrrole nitrogens is 1. The van der Waals surface area contributed by atoms with Gasteiger partial charge in [0, 0.05) is 52.3 Å². The largest absolute Gasteiger partial charge is 0.326 e. The number of hydrogen-bond donors (Lipinski definition) is 1. The summed E-state index contributed by atoms with van der Waals surface area (Å²) in [5.41, 5.74) is 3.07. The Morgan fingerprint density at radius 2 is 1.89 bits per heavy atom. The molecule has 4 nitrogen and oxygen atoms in total. The maximum atomic E-state index is 12.0. The number of aryl methyl sites for hydroxylation is 2. The fourth-order valence-electron chi connectivity index (χ4n) is 4.56. The molecule has 0 aliphatic carbocycles. The second-order valence-electron chi connectivity index (χ2n) is 8.03. The second kappa shape index (κ2) is 8.29. The average Bonchev–Trinajstić information content (AvgIpc) is 3.35. The highest BCUT2D eigenvalue weighted by atomic mass is 32.1. The van der Waals surface area contributed by atoms with Gasteiger partial charge in [0.25, 0.3) is 5.56 Å². The third kappa shape index (κ3) is 4.20. The Labute approximate surface area is 166 Å². The highest BCUT2D eigenvalue weighted by Crippen LogP contribution is 2.31. The van der Waals surface area contributed by atoms with Crippen LogP contribution in [0.25, 0.3) is 10.4 Å². The van der Waals surface area contributed by atoms with Gasteiger partial charge in [0.05, 0.1) is 0 Å². The molecule has 0 radical (unpaired) electrons. The summed E-state index contributed by atoms with van der Waals surface area (Å²) in [4.78, 5) is 23.0. The first-order chi connectivity index (χ1) is 13.1. The van der Waals surface area contributed by atoms with Gasteiger partial charge in [0.1, 0.15) is 0 Å². The molecule has 146 valence electrons. The lowest BCUT2D eigenvalue weighted by molar-refractivity contribution is 0.123. The predicted octanol–water partition coefficient (Wildman–Crippen LogP) is 4.03. The van der Waals surface area contributed by atoms with Gasteiger partial charge in [-0.2, -0.15) is 0 Å². The molecular weight excluding hydrogens is 354 g/mol. The first kappa shape index (κ1) is 18.9.